The Bertz CT molecular complexity index is 1030. The quantitative estimate of drug-likeness (QED) is 0.518. The van der Waals surface area contributed by atoms with Crippen molar-refractivity contribution in [2.75, 3.05) is 12.9 Å². The van der Waals surface area contributed by atoms with Gasteiger partial charge in [0.05, 0.1) is 18.4 Å². The summed E-state index contributed by atoms with van der Waals surface area (Å²) in [4.78, 5) is 15.1. The molecule has 0 radical (unpaired) electrons. The highest BCUT2D eigenvalue weighted by Crippen LogP contribution is 2.33. The summed E-state index contributed by atoms with van der Waals surface area (Å²) in [6.45, 7) is 4.29. The van der Waals surface area contributed by atoms with Gasteiger partial charge in [-0.2, -0.15) is 0 Å². The molecular formula is C24H28N4O2S. The third kappa shape index (κ3) is 4.46. The number of amides is 1. The van der Waals surface area contributed by atoms with Crippen LogP contribution in [0.5, 0.6) is 5.75 Å². The highest BCUT2D eigenvalue weighted by Gasteiger charge is 2.29. The standard InChI is InChI=1S/C24H28N4O2S/c1-17-10-9-11-18(2)27(17)22(29)16-31-24-26-25-23(20-14-7-8-15-21(20)30-3)28(24)19-12-5-4-6-13-19/h4-8,12-15,17-18H,9-11,16H2,1-3H3. The fraction of sp³-hybridized carbons (Fsp3) is 0.375. The first-order valence-electron chi connectivity index (χ1n) is 10.7. The largest absolute Gasteiger partial charge is 0.496 e. The summed E-state index contributed by atoms with van der Waals surface area (Å²) in [5, 5.41) is 9.62. The van der Waals surface area contributed by atoms with Crippen molar-refractivity contribution in [3.05, 3.63) is 54.6 Å². The van der Waals surface area contributed by atoms with Gasteiger partial charge in [0.2, 0.25) is 5.91 Å². The van der Waals surface area contributed by atoms with E-state index in [9.17, 15) is 4.79 Å². The lowest BCUT2D eigenvalue weighted by Gasteiger charge is -2.39. The van der Waals surface area contributed by atoms with Crippen LogP contribution in [0.2, 0.25) is 0 Å². The van der Waals surface area contributed by atoms with Crippen molar-refractivity contribution in [2.45, 2.75) is 50.4 Å². The van der Waals surface area contributed by atoms with Crippen LogP contribution in [0.25, 0.3) is 17.1 Å². The third-order valence-corrected chi connectivity index (χ3v) is 6.72. The fourth-order valence-corrected chi connectivity index (χ4v) is 5.11. The molecule has 0 saturated carbocycles. The molecule has 1 aliphatic rings. The number of hydrogen-bond donors (Lipinski definition) is 0. The second-order valence-electron chi connectivity index (χ2n) is 7.90. The van der Waals surface area contributed by atoms with Gasteiger partial charge in [-0.05, 0) is 57.4 Å². The number of nitrogens with zero attached hydrogens (tertiary/aromatic N) is 4. The van der Waals surface area contributed by atoms with Crippen molar-refractivity contribution in [2.24, 2.45) is 0 Å². The summed E-state index contributed by atoms with van der Waals surface area (Å²) < 4.78 is 7.55. The van der Waals surface area contributed by atoms with E-state index in [4.69, 9.17) is 4.74 Å². The normalized spacial score (nSPS) is 18.7. The van der Waals surface area contributed by atoms with Crippen LogP contribution in [-0.2, 0) is 4.79 Å². The van der Waals surface area contributed by atoms with E-state index in [1.807, 2.05) is 64.1 Å². The average molecular weight is 437 g/mol. The fourth-order valence-electron chi connectivity index (χ4n) is 4.29. The zero-order valence-corrected chi connectivity index (χ0v) is 19.0. The molecule has 1 fully saturated rings. The maximum atomic E-state index is 13.0. The zero-order chi connectivity index (χ0) is 21.8. The van der Waals surface area contributed by atoms with Crippen molar-refractivity contribution in [1.82, 2.24) is 19.7 Å². The van der Waals surface area contributed by atoms with Gasteiger partial charge in [0.25, 0.3) is 0 Å². The second-order valence-corrected chi connectivity index (χ2v) is 8.84. The van der Waals surface area contributed by atoms with E-state index in [0.717, 1.165) is 29.8 Å². The van der Waals surface area contributed by atoms with Crippen molar-refractivity contribution < 1.29 is 9.53 Å². The Labute approximate surface area is 187 Å². The summed E-state index contributed by atoms with van der Waals surface area (Å²) in [7, 11) is 1.65. The van der Waals surface area contributed by atoms with Crippen LogP contribution in [0.4, 0.5) is 0 Å². The number of para-hydroxylation sites is 2. The van der Waals surface area contributed by atoms with Crippen molar-refractivity contribution in [3.8, 4) is 22.8 Å². The maximum Gasteiger partial charge on any atom is 0.233 e. The predicted octanol–water partition coefficient (Wildman–Crippen LogP) is 4.82. The van der Waals surface area contributed by atoms with Gasteiger partial charge in [-0.25, -0.2) is 0 Å². The second kappa shape index (κ2) is 9.56. The first-order valence-corrected chi connectivity index (χ1v) is 11.7. The number of aromatic nitrogens is 3. The highest BCUT2D eigenvalue weighted by atomic mass is 32.2. The molecule has 1 saturated heterocycles. The maximum absolute atomic E-state index is 13.0. The number of likely N-dealkylation sites (tertiary alicyclic amines) is 1. The van der Waals surface area contributed by atoms with Gasteiger partial charge in [-0.15, -0.1) is 10.2 Å². The molecule has 2 heterocycles. The van der Waals surface area contributed by atoms with Crippen LogP contribution < -0.4 is 4.74 Å². The van der Waals surface area contributed by atoms with Crippen LogP contribution in [0.1, 0.15) is 33.1 Å². The van der Waals surface area contributed by atoms with Gasteiger partial charge in [-0.3, -0.25) is 9.36 Å². The molecule has 0 bridgehead atoms. The highest BCUT2D eigenvalue weighted by molar-refractivity contribution is 7.99. The van der Waals surface area contributed by atoms with E-state index in [0.29, 0.717) is 16.7 Å². The lowest BCUT2D eigenvalue weighted by molar-refractivity contribution is -0.134. The molecule has 0 aliphatic carbocycles. The van der Waals surface area contributed by atoms with Gasteiger partial charge in [-0.1, -0.05) is 42.1 Å². The number of benzene rings is 2. The Morgan fingerprint density at radius 2 is 1.71 bits per heavy atom. The number of hydrogen-bond acceptors (Lipinski definition) is 5. The summed E-state index contributed by atoms with van der Waals surface area (Å²) in [6.07, 6.45) is 3.32. The number of piperidine rings is 1. The van der Waals surface area contributed by atoms with Crippen molar-refractivity contribution >= 4 is 17.7 Å². The van der Waals surface area contributed by atoms with E-state index in [1.54, 1.807) is 7.11 Å². The summed E-state index contributed by atoms with van der Waals surface area (Å²) in [5.74, 6) is 1.92. The molecule has 2 atom stereocenters. The Morgan fingerprint density at radius 3 is 2.42 bits per heavy atom. The Morgan fingerprint density at radius 1 is 1.03 bits per heavy atom. The average Bonchev–Trinajstić information content (AvgIpc) is 3.22. The first-order chi connectivity index (χ1) is 15.1. The van der Waals surface area contributed by atoms with Crippen LogP contribution >= 0.6 is 11.8 Å². The molecule has 1 aliphatic heterocycles. The van der Waals surface area contributed by atoms with Crippen LogP contribution in [0, 0.1) is 0 Å². The van der Waals surface area contributed by atoms with Crippen LogP contribution in [0.15, 0.2) is 59.8 Å². The Kier molecular flexibility index (Phi) is 6.61. The molecule has 3 aromatic rings. The van der Waals surface area contributed by atoms with E-state index in [1.165, 1.54) is 18.2 Å². The lowest BCUT2D eigenvalue weighted by Crippen LogP contribution is -2.48. The Balaban J connectivity index is 1.65. The summed E-state index contributed by atoms with van der Waals surface area (Å²) in [6, 6.07) is 18.3. The molecule has 1 amide bonds. The minimum atomic E-state index is 0.158. The van der Waals surface area contributed by atoms with Crippen molar-refractivity contribution in [3.63, 3.8) is 0 Å². The first kappa shape index (κ1) is 21.4. The van der Waals surface area contributed by atoms with Gasteiger partial charge in [0.1, 0.15) is 5.75 Å². The van der Waals surface area contributed by atoms with Gasteiger partial charge < -0.3 is 9.64 Å². The molecule has 1 aromatic heterocycles. The number of ether oxygens (including phenoxy) is 1. The molecule has 162 valence electrons. The van der Waals surface area contributed by atoms with E-state index in [-0.39, 0.29) is 18.0 Å². The molecule has 2 unspecified atom stereocenters. The number of thioether (sulfide) groups is 1. The number of rotatable bonds is 6. The SMILES string of the molecule is COc1ccccc1-c1nnc(SCC(=O)N2C(C)CCCC2C)n1-c1ccccc1. The number of carbonyl (C=O) groups is 1. The van der Waals surface area contributed by atoms with Crippen LogP contribution in [-0.4, -0.2) is 50.5 Å². The molecule has 0 spiro atoms. The van der Waals surface area contributed by atoms with Crippen LogP contribution in [0.3, 0.4) is 0 Å². The van der Waals surface area contributed by atoms with E-state index in [2.05, 4.69) is 24.0 Å². The molecular weight excluding hydrogens is 408 g/mol. The number of carbonyl (C=O) groups excluding carboxylic acids is 1. The summed E-state index contributed by atoms with van der Waals surface area (Å²) >= 11 is 1.43. The zero-order valence-electron chi connectivity index (χ0n) is 18.2. The molecule has 7 heteroatoms. The van der Waals surface area contributed by atoms with Gasteiger partial charge in [0.15, 0.2) is 11.0 Å². The molecule has 6 nitrogen and oxygen atoms in total. The molecule has 31 heavy (non-hydrogen) atoms. The Hall–Kier alpha value is -2.80. The topological polar surface area (TPSA) is 60.3 Å². The minimum Gasteiger partial charge on any atom is -0.496 e. The lowest BCUT2D eigenvalue weighted by atomic mass is 9.98. The molecule has 0 N–H and O–H groups in total. The molecule has 4 rings (SSSR count). The smallest absolute Gasteiger partial charge is 0.233 e. The summed E-state index contributed by atoms with van der Waals surface area (Å²) in [5.41, 5.74) is 1.81. The van der Waals surface area contributed by atoms with E-state index >= 15 is 0 Å². The monoisotopic (exact) mass is 436 g/mol. The van der Waals surface area contributed by atoms with E-state index < -0.39 is 0 Å². The minimum absolute atomic E-state index is 0.158. The number of methoxy groups -OCH3 is 1. The van der Waals surface area contributed by atoms with Gasteiger partial charge >= 0.3 is 0 Å². The molecule has 2 aromatic carbocycles. The third-order valence-electron chi connectivity index (χ3n) is 5.80. The predicted molar refractivity (Wildman–Crippen MR) is 124 cm³/mol. The van der Waals surface area contributed by atoms with Gasteiger partial charge in [0, 0.05) is 17.8 Å². The van der Waals surface area contributed by atoms with Crippen molar-refractivity contribution in [1.29, 1.82) is 0 Å².